The SMILES string of the molecule is CN(C)S(=O)(=O)Cc1ccc(N)cc1. The van der Waals surface area contributed by atoms with E-state index < -0.39 is 10.0 Å². The maximum Gasteiger partial charge on any atom is 0.217 e. The number of benzene rings is 1. The average molecular weight is 214 g/mol. The average Bonchev–Trinajstić information content (AvgIpc) is 2.08. The van der Waals surface area contributed by atoms with Crippen LogP contribution in [0.3, 0.4) is 0 Å². The third kappa shape index (κ3) is 2.71. The molecule has 1 aromatic rings. The van der Waals surface area contributed by atoms with Gasteiger partial charge in [0.15, 0.2) is 0 Å². The van der Waals surface area contributed by atoms with Crippen molar-refractivity contribution in [3.8, 4) is 0 Å². The summed E-state index contributed by atoms with van der Waals surface area (Å²) in [5.41, 5.74) is 6.87. The van der Waals surface area contributed by atoms with Gasteiger partial charge in [-0.1, -0.05) is 12.1 Å². The first kappa shape index (κ1) is 11.0. The number of sulfonamides is 1. The lowest BCUT2D eigenvalue weighted by molar-refractivity contribution is 0.520. The predicted molar refractivity (Wildman–Crippen MR) is 57.2 cm³/mol. The molecule has 14 heavy (non-hydrogen) atoms. The van der Waals surface area contributed by atoms with E-state index in [4.69, 9.17) is 5.73 Å². The molecule has 0 saturated carbocycles. The zero-order valence-electron chi connectivity index (χ0n) is 8.27. The summed E-state index contributed by atoms with van der Waals surface area (Å²) in [5.74, 6) is 0.0142. The first-order valence-corrected chi connectivity index (χ1v) is 5.77. The van der Waals surface area contributed by atoms with Crippen LogP contribution in [-0.4, -0.2) is 26.8 Å². The molecule has 78 valence electrons. The molecule has 0 spiro atoms. The molecule has 0 radical (unpaired) electrons. The topological polar surface area (TPSA) is 63.4 Å². The fourth-order valence-electron chi connectivity index (χ4n) is 0.954. The zero-order chi connectivity index (χ0) is 10.8. The highest BCUT2D eigenvalue weighted by atomic mass is 32.2. The Morgan fingerprint density at radius 2 is 1.71 bits per heavy atom. The van der Waals surface area contributed by atoms with E-state index in [2.05, 4.69) is 0 Å². The van der Waals surface area contributed by atoms with Crippen LogP contribution in [0.5, 0.6) is 0 Å². The molecule has 0 bridgehead atoms. The molecule has 1 aromatic carbocycles. The van der Waals surface area contributed by atoms with Gasteiger partial charge in [-0.2, -0.15) is 0 Å². The Morgan fingerprint density at radius 3 is 2.14 bits per heavy atom. The highest BCUT2D eigenvalue weighted by molar-refractivity contribution is 7.88. The minimum Gasteiger partial charge on any atom is -0.399 e. The highest BCUT2D eigenvalue weighted by Crippen LogP contribution is 2.10. The molecular weight excluding hydrogens is 200 g/mol. The number of nitrogens with zero attached hydrogens (tertiary/aromatic N) is 1. The van der Waals surface area contributed by atoms with Crippen molar-refractivity contribution < 1.29 is 8.42 Å². The Labute approximate surface area is 84.4 Å². The summed E-state index contributed by atoms with van der Waals surface area (Å²) in [6.07, 6.45) is 0. The van der Waals surface area contributed by atoms with E-state index in [-0.39, 0.29) is 5.75 Å². The van der Waals surface area contributed by atoms with Crippen LogP contribution >= 0.6 is 0 Å². The van der Waals surface area contributed by atoms with Gasteiger partial charge in [0, 0.05) is 19.8 Å². The Kier molecular flexibility index (Phi) is 3.13. The van der Waals surface area contributed by atoms with Crippen LogP contribution < -0.4 is 5.73 Å². The van der Waals surface area contributed by atoms with Gasteiger partial charge in [0.05, 0.1) is 5.75 Å². The van der Waals surface area contributed by atoms with Crippen molar-refractivity contribution in [1.29, 1.82) is 0 Å². The van der Waals surface area contributed by atoms with Crippen LogP contribution in [0.1, 0.15) is 5.56 Å². The Balaban J connectivity index is 2.85. The third-order valence-corrected chi connectivity index (χ3v) is 3.70. The van der Waals surface area contributed by atoms with Crippen molar-refractivity contribution in [3.63, 3.8) is 0 Å². The molecule has 0 aliphatic rings. The molecule has 1 rings (SSSR count). The van der Waals surface area contributed by atoms with E-state index in [9.17, 15) is 8.42 Å². The summed E-state index contributed by atoms with van der Waals surface area (Å²) in [6.45, 7) is 0. The van der Waals surface area contributed by atoms with Crippen molar-refractivity contribution in [3.05, 3.63) is 29.8 Å². The van der Waals surface area contributed by atoms with Crippen molar-refractivity contribution in [1.82, 2.24) is 4.31 Å². The fourth-order valence-corrected chi connectivity index (χ4v) is 1.83. The molecule has 0 atom stereocenters. The zero-order valence-corrected chi connectivity index (χ0v) is 9.08. The summed E-state index contributed by atoms with van der Waals surface area (Å²) in [5, 5.41) is 0. The molecule has 0 amide bonds. The van der Waals surface area contributed by atoms with Crippen molar-refractivity contribution >= 4 is 15.7 Å². The molecule has 5 heteroatoms. The molecule has 0 aromatic heterocycles. The molecule has 4 nitrogen and oxygen atoms in total. The van der Waals surface area contributed by atoms with Crippen molar-refractivity contribution in [2.24, 2.45) is 0 Å². The van der Waals surface area contributed by atoms with Crippen LogP contribution in [0.15, 0.2) is 24.3 Å². The molecule has 0 aliphatic carbocycles. The summed E-state index contributed by atoms with van der Waals surface area (Å²) in [4.78, 5) is 0. The number of rotatable bonds is 3. The second-order valence-electron chi connectivity index (χ2n) is 3.28. The number of nitrogens with two attached hydrogens (primary N) is 1. The Bertz CT molecular complexity index is 395. The maximum absolute atomic E-state index is 11.5. The summed E-state index contributed by atoms with van der Waals surface area (Å²) in [6, 6.07) is 6.83. The molecular formula is C9H14N2O2S. The third-order valence-electron chi connectivity index (χ3n) is 1.89. The van der Waals surface area contributed by atoms with Gasteiger partial charge in [-0.15, -0.1) is 0 Å². The first-order valence-electron chi connectivity index (χ1n) is 4.16. The standard InChI is InChI=1S/C9H14N2O2S/c1-11(2)14(12,13)7-8-3-5-9(10)6-4-8/h3-6H,7,10H2,1-2H3. The van der Waals surface area contributed by atoms with E-state index in [0.29, 0.717) is 5.69 Å². The number of hydrogen-bond acceptors (Lipinski definition) is 3. The minimum absolute atomic E-state index is 0.0142. The molecule has 0 saturated heterocycles. The first-order chi connectivity index (χ1) is 6.42. The van der Waals surface area contributed by atoms with E-state index in [0.717, 1.165) is 5.56 Å². The quantitative estimate of drug-likeness (QED) is 0.752. The van der Waals surface area contributed by atoms with Gasteiger partial charge in [0.2, 0.25) is 10.0 Å². The van der Waals surface area contributed by atoms with Gasteiger partial charge in [0.25, 0.3) is 0 Å². The molecule has 0 aliphatic heterocycles. The highest BCUT2D eigenvalue weighted by Gasteiger charge is 2.13. The van der Waals surface area contributed by atoms with Gasteiger partial charge in [-0.25, -0.2) is 12.7 Å². The molecule has 0 heterocycles. The van der Waals surface area contributed by atoms with E-state index in [1.165, 1.54) is 18.4 Å². The maximum atomic E-state index is 11.5. The van der Waals surface area contributed by atoms with Crippen LogP contribution in [-0.2, 0) is 15.8 Å². The molecule has 0 fully saturated rings. The van der Waals surface area contributed by atoms with Crippen LogP contribution in [0.4, 0.5) is 5.69 Å². The van der Waals surface area contributed by atoms with E-state index >= 15 is 0 Å². The summed E-state index contributed by atoms with van der Waals surface area (Å²) < 4.78 is 24.2. The summed E-state index contributed by atoms with van der Waals surface area (Å²) >= 11 is 0. The largest absolute Gasteiger partial charge is 0.399 e. The van der Waals surface area contributed by atoms with Gasteiger partial charge in [-0.3, -0.25) is 0 Å². The Morgan fingerprint density at radius 1 is 1.21 bits per heavy atom. The number of nitrogen functional groups attached to an aromatic ring is 1. The second kappa shape index (κ2) is 3.98. The summed E-state index contributed by atoms with van der Waals surface area (Å²) in [7, 11) is -0.131. The van der Waals surface area contributed by atoms with Crippen molar-refractivity contribution in [2.75, 3.05) is 19.8 Å². The predicted octanol–water partition coefficient (Wildman–Crippen LogP) is 0.660. The minimum atomic E-state index is -3.17. The van der Waals surface area contributed by atoms with Gasteiger partial charge in [0.1, 0.15) is 0 Å². The number of anilines is 1. The monoisotopic (exact) mass is 214 g/mol. The van der Waals surface area contributed by atoms with Crippen LogP contribution in [0.2, 0.25) is 0 Å². The van der Waals surface area contributed by atoms with Crippen molar-refractivity contribution in [2.45, 2.75) is 5.75 Å². The Hall–Kier alpha value is -1.07. The fraction of sp³-hybridized carbons (Fsp3) is 0.333. The van der Waals surface area contributed by atoms with Crippen LogP contribution in [0.25, 0.3) is 0 Å². The van der Waals surface area contributed by atoms with Crippen LogP contribution in [0, 0.1) is 0 Å². The lowest BCUT2D eigenvalue weighted by Crippen LogP contribution is -2.23. The smallest absolute Gasteiger partial charge is 0.217 e. The normalized spacial score (nSPS) is 11.9. The second-order valence-corrected chi connectivity index (χ2v) is 5.46. The molecule has 0 unspecified atom stereocenters. The van der Waals surface area contributed by atoms with Gasteiger partial charge >= 0.3 is 0 Å². The van der Waals surface area contributed by atoms with E-state index in [1.807, 2.05) is 0 Å². The lowest BCUT2D eigenvalue weighted by atomic mass is 10.2. The van der Waals surface area contributed by atoms with Gasteiger partial charge in [-0.05, 0) is 17.7 Å². The lowest BCUT2D eigenvalue weighted by Gasteiger charge is -2.10. The van der Waals surface area contributed by atoms with Gasteiger partial charge < -0.3 is 5.73 Å². The van der Waals surface area contributed by atoms with E-state index in [1.54, 1.807) is 24.3 Å². The number of hydrogen-bond donors (Lipinski definition) is 1. The molecule has 2 N–H and O–H groups in total.